The van der Waals surface area contributed by atoms with Gasteiger partial charge >= 0.3 is 5.95 Å². The van der Waals surface area contributed by atoms with E-state index in [0.717, 1.165) is 24.8 Å². The molecule has 0 radical (unpaired) electrons. The first kappa shape index (κ1) is 12.0. The lowest BCUT2D eigenvalue weighted by Gasteiger charge is -2.26. The summed E-state index contributed by atoms with van der Waals surface area (Å²) in [5.74, 6) is 1.25. The minimum Gasteiger partial charge on any atom is -0.390 e. The third-order valence-electron chi connectivity index (χ3n) is 3.50. The topological polar surface area (TPSA) is 73.8 Å². The highest BCUT2D eigenvalue weighted by Gasteiger charge is 2.20. The minimum atomic E-state index is -0.556. The Morgan fingerprint density at radius 1 is 1.59 bits per heavy atom. The second-order valence-corrected chi connectivity index (χ2v) is 4.99. The van der Waals surface area contributed by atoms with Gasteiger partial charge in [0, 0.05) is 5.10 Å². The van der Waals surface area contributed by atoms with Gasteiger partial charge in [-0.1, -0.05) is 31.2 Å². The lowest BCUT2D eigenvalue weighted by molar-refractivity contribution is -0.394. The molecule has 6 heteroatoms. The molecule has 1 aliphatic rings. The summed E-state index contributed by atoms with van der Waals surface area (Å²) in [5.41, 5.74) is 0. The predicted molar refractivity (Wildman–Crippen MR) is 62.4 cm³/mol. The van der Waals surface area contributed by atoms with Crippen molar-refractivity contribution in [1.29, 1.82) is 0 Å². The van der Waals surface area contributed by atoms with E-state index < -0.39 is 4.92 Å². The van der Waals surface area contributed by atoms with Gasteiger partial charge in [-0.05, 0) is 29.6 Å². The van der Waals surface area contributed by atoms with E-state index >= 15 is 0 Å². The summed E-state index contributed by atoms with van der Waals surface area (Å²) in [4.78, 5) is 13.5. The zero-order chi connectivity index (χ0) is 12.3. The van der Waals surface area contributed by atoms with Crippen molar-refractivity contribution in [2.45, 2.75) is 45.6 Å². The summed E-state index contributed by atoms with van der Waals surface area (Å²) in [5, 5.41) is 14.3. The van der Waals surface area contributed by atoms with Gasteiger partial charge in [-0.15, -0.1) is 0 Å². The highest BCUT2D eigenvalue weighted by Crippen LogP contribution is 2.30. The van der Waals surface area contributed by atoms with Gasteiger partial charge in [0.1, 0.15) is 0 Å². The SMILES string of the molecule is C[C@H]1CCC[C@H](CCn2cnc([N+](=O)[O-])n2)C1. The highest BCUT2D eigenvalue weighted by molar-refractivity contribution is 4.96. The molecule has 0 unspecified atom stereocenters. The second kappa shape index (κ2) is 5.25. The molecule has 0 aromatic carbocycles. The molecule has 1 aromatic heterocycles. The van der Waals surface area contributed by atoms with E-state index in [9.17, 15) is 10.1 Å². The molecule has 6 nitrogen and oxygen atoms in total. The molecule has 94 valence electrons. The van der Waals surface area contributed by atoms with E-state index in [0.29, 0.717) is 0 Å². The van der Waals surface area contributed by atoms with Crippen molar-refractivity contribution < 1.29 is 4.92 Å². The van der Waals surface area contributed by atoms with Crippen LogP contribution in [0.3, 0.4) is 0 Å². The standard InChI is InChI=1S/C11H18N4O2/c1-9-3-2-4-10(7-9)5-6-14-8-12-11(13-14)15(16)17/h8-10H,2-7H2,1H3/t9-,10+/m0/s1. The molecule has 1 aliphatic carbocycles. The zero-order valence-corrected chi connectivity index (χ0v) is 10.1. The number of rotatable bonds is 4. The van der Waals surface area contributed by atoms with Gasteiger partial charge in [-0.25, -0.2) is 0 Å². The molecule has 2 rings (SSSR count). The first-order valence-corrected chi connectivity index (χ1v) is 6.19. The maximum atomic E-state index is 10.4. The third kappa shape index (κ3) is 3.25. The fraction of sp³-hybridized carbons (Fsp3) is 0.818. The van der Waals surface area contributed by atoms with Crippen molar-refractivity contribution in [3.63, 3.8) is 0 Å². The van der Waals surface area contributed by atoms with Gasteiger partial charge in [0.05, 0.1) is 6.54 Å². The van der Waals surface area contributed by atoms with E-state index in [1.165, 1.54) is 32.0 Å². The van der Waals surface area contributed by atoms with E-state index in [1.54, 1.807) is 4.68 Å². The van der Waals surface area contributed by atoms with Gasteiger partial charge in [-0.3, -0.25) is 0 Å². The molecule has 1 heterocycles. The molecular weight excluding hydrogens is 220 g/mol. The van der Waals surface area contributed by atoms with Crippen molar-refractivity contribution in [3.05, 3.63) is 16.4 Å². The van der Waals surface area contributed by atoms with Crippen LogP contribution in [0.15, 0.2) is 6.33 Å². The van der Waals surface area contributed by atoms with Gasteiger partial charge in [0.2, 0.25) is 6.33 Å². The molecule has 0 spiro atoms. The molecule has 0 N–H and O–H groups in total. The van der Waals surface area contributed by atoms with Gasteiger partial charge in [-0.2, -0.15) is 4.68 Å². The highest BCUT2D eigenvalue weighted by atomic mass is 16.6. The Morgan fingerprint density at radius 2 is 2.41 bits per heavy atom. The number of nitrogens with zero attached hydrogens (tertiary/aromatic N) is 4. The Morgan fingerprint density at radius 3 is 3.06 bits per heavy atom. The van der Waals surface area contributed by atoms with Crippen molar-refractivity contribution in [2.75, 3.05) is 0 Å². The summed E-state index contributed by atoms with van der Waals surface area (Å²) in [7, 11) is 0. The molecule has 1 saturated carbocycles. The van der Waals surface area contributed by atoms with E-state index in [-0.39, 0.29) is 5.95 Å². The first-order valence-electron chi connectivity index (χ1n) is 6.19. The molecule has 1 fully saturated rings. The van der Waals surface area contributed by atoms with Crippen LogP contribution in [0.5, 0.6) is 0 Å². The first-order chi connectivity index (χ1) is 8.15. The molecular formula is C11H18N4O2. The normalized spacial score (nSPS) is 24.8. The fourth-order valence-electron chi connectivity index (χ4n) is 2.61. The van der Waals surface area contributed by atoms with Gasteiger partial charge in [0.25, 0.3) is 0 Å². The maximum Gasteiger partial charge on any atom is 0.490 e. The third-order valence-corrected chi connectivity index (χ3v) is 3.50. The van der Waals surface area contributed by atoms with E-state index in [4.69, 9.17) is 0 Å². The number of aromatic nitrogens is 3. The average molecular weight is 238 g/mol. The van der Waals surface area contributed by atoms with Crippen LogP contribution in [0.2, 0.25) is 0 Å². The number of hydrogen-bond donors (Lipinski definition) is 0. The lowest BCUT2D eigenvalue weighted by Crippen LogP contribution is -2.15. The fourth-order valence-corrected chi connectivity index (χ4v) is 2.61. The number of hydrogen-bond acceptors (Lipinski definition) is 4. The molecule has 1 aromatic rings. The smallest absolute Gasteiger partial charge is 0.390 e. The largest absolute Gasteiger partial charge is 0.490 e. The quantitative estimate of drug-likeness (QED) is 0.596. The monoisotopic (exact) mass is 238 g/mol. The summed E-state index contributed by atoms with van der Waals surface area (Å²) in [6, 6.07) is 0. The van der Waals surface area contributed by atoms with Crippen LogP contribution in [-0.4, -0.2) is 19.7 Å². The summed E-state index contributed by atoms with van der Waals surface area (Å²) in [6.07, 6.45) is 7.70. The van der Waals surface area contributed by atoms with Crippen LogP contribution in [-0.2, 0) is 6.54 Å². The molecule has 0 bridgehead atoms. The molecule has 17 heavy (non-hydrogen) atoms. The van der Waals surface area contributed by atoms with Crippen molar-refractivity contribution >= 4 is 5.95 Å². The van der Waals surface area contributed by atoms with Crippen molar-refractivity contribution in [2.24, 2.45) is 11.8 Å². The molecule has 0 aliphatic heterocycles. The van der Waals surface area contributed by atoms with Crippen LogP contribution in [0.1, 0.15) is 39.0 Å². The zero-order valence-electron chi connectivity index (χ0n) is 10.1. The Kier molecular flexibility index (Phi) is 3.71. The van der Waals surface area contributed by atoms with Gasteiger partial charge in [0.15, 0.2) is 0 Å². The van der Waals surface area contributed by atoms with Crippen LogP contribution in [0.4, 0.5) is 5.95 Å². The van der Waals surface area contributed by atoms with Crippen LogP contribution in [0.25, 0.3) is 0 Å². The lowest BCUT2D eigenvalue weighted by atomic mass is 9.81. The Labute approximate surface area is 100 Å². The number of nitro groups is 1. The van der Waals surface area contributed by atoms with Crippen LogP contribution >= 0.6 is 0 Å². The molecule has 0 saturated heterocycles. The Hall–Kier alpha value is -1.46. The minimum absolute atomic E-state index is 0.304. The Balaban J connectivity index is 1.82. The van der Waals surface area contributed by atoms with E-state index in [1.807, 2.05) is 0 Å². The van der Waals surface area contributed by atoms with Gasteiger partial charge < -0.3 is 10.1 Å². The Bertz CT molecular complexity index is 391. The molecule has 0 amide bonds. The van der Waals surface area contributed by atoms with Crippen molar-refractivity contribution in [1.82, 2.24) is 14.8 Å². The second-order valence-electron chi connectivity index (χ2n) is 4.99. The maximum absolute atomic E-state index is 10.4. The predicted octanol–water partition coefficient (Wildman–Crippen LogP) is 2.40. The number of aryl methyl sites for hydroxylation is 1. The summed E-state index contributed by atoms with van der Waals surface area (Å²) < 4.78 is 1.58. The van der Waals surface area contributed by atoms with Crippen LogP contribution in [0, 0.1) is 22.0 Å². The average Bonchev–Trinajstić information content (AvgIpc) is 2.75. The summed E-state index contributed by atoms with van der Waals surface area (Å²) >= 11 is 0. The van der Waals surface area contributed by atoms with E-state index in [2.05, 4.69) is 17.0 Å². The van der Waals surface area contributed by atoms with Crippen LogP contribution < -0.4 is 0 Å². The van der Waals surface area contributed by atoms with Crippen molar-refractivity contribution in [3.8, 4) is 0 Å². The summed E-state index contributed by atoms with van der Waals surface area (Å²) in [6.45, 7) is 3.03. The molecule has 2 atom stereocenters.